The van der Waals surface area contributed by atoms with Gasteiger partial charge in [-0.05, 0) is 62.0 Å². The molecule has 39 heavy (non-hydrogen) atoms. The van der Waals surface area contributed by atoms with E-state index < -0.39 is 0 Å². The zero-order valence-electron chi connectivity index (χ0n) is 21.8. The maximum absolute atomic E-state index is 6.74. The summed E-state index contributed by atoms with van der Waals surface area (Å²) >= 11 is 6.74. The second-order valence-electron chi connectivity index (χ2n) is 10.0. The maximum atomic E-state index is 6.74. The Hall–Kier alpha value is -4.21. The SMILES string of the molecule is CCN1CCN(c2ccc(Nc3ncc4cc(-c5cc6[nH]c(C)cc6cc5Cl)c5nncn5c4n3)cc2)CC1. The summed E-state index contributed by atoms with van der Waals surface area (Å²) in [6, 6.07) is 16.6. The summed E-state index contributed by atoms with van der Waals surface area (Å²) in [7, 11) is 0. The Morgan fingerprint density at radius 2 is 1.77 bits per heavy atom. The van der Waals surface area contributed by atoms with Gasteiger partial charge < -0.3 is 20.1 Å². The van der Waals surface area contributed by atoms with Crippen LogP contribution in [-0.4, -0.2) is 67.2 Å². The van der Waals surface area contributed by atoms with Crippen molar-refractivity contribution < 1.29 is 0 Å². The van der Waals surface area contributed by atoms with Crippen molar-refractivity contribution in [3.63, 3.8) is 0 Å². The average Bonchev–Trinajstić information content (AvgIpc) is 3.59. The second-order valence-corrected chi connectivity index (χ2v) is 10.4. The fraction of sp³-hybridized carbons (Fsp3) is 0.241. The Balaban J connectivity index is 1.19. The van der Waals surface area contributed by atoms with E-state index in [1.807, 2.05) is 29.7 Å². The molecule has 6 aromatic rings. The van der Waals surface area contributed by atoms with Crippen LogP contribution < -0.4 is 10.2 Å². The maximum Gasteiger partial charge on any atom is 0.229 e. The van der Waals surface area contributed by atoms with Crippen LogP contribution in [0.4, 0.5) is 17.3 Å². The lowest BCUT2D eigenvalue weighted by molar-refractivity contribution is 0.271. The zero-order chi connectivity index (χ0) is 26.5. The number of aromatic nitrogens is 6. The van der Waals surface area contributed by atoms with Crippen molar-refractivity contribution in [2.24, 2.45) is 0 Å². The molecule has 10 heteroatoms. The minimum Gasteiger partial charge on any atom is -0.369 e. The number of hydrogen-bond acceptors (Lipinski definition) is 7. The predicted molar refractivity (Wildman–Crippen MR) is 157 cm³/mol. The van der Waals surface area contributed by atoms with Gasteiger partial charge in [0.2, 0.25) is 5.95 Å². The first kappa shape index (κ1) is 23.9. The number of nitrogens with zero attached hydrogens (tertiary/aromatic N) is 7. The number of fused-ring (bicyclic) bond motifs is 4. The van der Waals surface area contributed by atoms with E-state index in [0.29, 0.717) is 16.6 Å². The van der Waals surface area contributed by atoms with Crippen LogP contribution in [0.5, 0.6) is 0 Å². The van der Waals surface area contributed by atoms with Gasteiger partial charge in [-0.25, -0.2) is 4.98 Å². The standard InChI is InChI=1S/C29H28ClN9/c1-3-37-8-10-38(11-9-37)22-6-4-21(5-7-22)34-29-31-16-20-13-24(28-36-32-17-39(28)27(20)35-29)23-15-26-19(14-25(23)30)12-18(2)33-26/h4-7,12-17,33H,3,8-11H2,1-2H3,(H,31,34,35). The first-order valence-corrected chi connectivity index (χ1v) is 13.6. The molecule has 196 valence electrons. The van der Waals surface area contributed by atoms with Crippen molar-refractivity contribution in [3.05, 3.63) is 71.8 Å². The summed E-state index contributed by atoms with van der Waals surface area (Å²) in [6.07, 6.45) is 3.50. The van der Waals surface area contributed by atoms with Crippen molar-refractivity contribution in [1.82, 2.24) is 34.4 Å². The van der Waals surface area contributed by atoms with Crippen molar-refractivity contribution >= 4 is 56.5 Å². The molecule has 0 atom stereocenters. The molecule has 7 rings (SSSR count). The van der Waals surface area contributed by atoms with Gasteiger partial charge in [0, 0.05) is 81.9 Å². The minimum absolute atomic E-state index is 0.510. The Kier molecular flexibility index (Phi) is 5.82. The van der Waals surface area contributed by atoms with E-state index in [-0.39, 0.29) is 0 Å². The van der Waals surface area contributed by atoms with Crippen molar-refractivity contribution in [3.8, 4) is 11.1 Å². The Morgan fingerprint density at radius 3 is 2.56 bits per heavy atom. The third kappa shape index (κ3) is 4.33. The lowest BCUT2D eigenvalue weighted by atomic mass is 10.0. The lowest BCUT2D eigenvalue weighted by Crippen LogP contribution is -2.46. The number of anilines is 3. The highest BCUT2D eigenvalue weighted by Crippen LogP contribution is 2.36. The first-order chi connectivity index (χ1) is 19.1. The summed E-state index contributed by atoms with van der Waals surface area (Å²) < 4.78 is 1.89. The van der Waals surface area contributed by atoms with Crippen LogP contribution in [0.25, 0.3) is 38.7 Å². The van der Waals surface area contributed by atoms with Crippen LogP contribution in [0.3, 0.4) is 0 Å². The molecule has 1 saturated heterocycles. The van der Waals surface area contributed by atoms with Crippen LogP contribution in [0, 0.1) is 6.92 Å². The summed E-state index contributed by atoms with van der Waals surface area (Å²) in [5.74, 6) is 0.510. The molecule has 1 fully saturated rings. The molecule has 1 aliphatic rings. The molecule has 0 spiro atoms. The van der Waals surface area contributed by atoms with Crippen LogP contribution in [-0.2, 0) is 0 Å². The van der Waals surface area contributed by atoms with E-state index >= 15 is 0 Å². The molecule has 1 aliphatic heterocycles. The number of aryl methyl sites for hydroxylation is 1. The number of nitrogens with one attached hydrogen (secondary N) is 2. The molecular weight excluding hydrogens is 510 g/mol. The molecule has 0 amide bonds. The summed E-state index contributed by atoms with van der Waals surface area (Å²) in [5, 5.41) is 14.5. The van der Waals surface area contributed by atoms with E-state index in [4.69, 9.17) is 16.6 Å². The molecular formula is C29H28ClN9. The Morgan fingerprint density at radius 1 is 0.949 bits per heavy atom. The van der Waals surface area contributed by atoms with Gasteiger partial charge in [0.25, 0.3) is 0 Å². The van der Waals surface area contributed by atoms with Gasteiger partial charge in [0.15, 0.2) is 11.3 Å². The fourth-order valence-electron chi connectivity index (χ4n) is 5.44. The van der Waals surface area contributed by atoms with Gasteiger partial charge in [-0.2, -0.15) is 4.98 Å². The van der Waals surface area contributed by atoms with Crippen molar-refractivity contribution in [1.29, 1.82) is 0 Å². The molecule has 2 aromatic carbocycles. The number of pyridine rings is 1. The average molecular weight is 538 g/mol. The van der Waals surface area contributed by atoms with Crippen molar-refractivity contribution in [2.75, 3.05) is 42.9 Å². The molecule has 2 N–H and O–H groups in total. The number of benzene rings is 2. The molecule has 9 nitrogen and oxygen atoms in total. The normalized spacial score (nSPS) is 14.6. The van der Waals surface area contributed by atoms with Crippen LogP contribution in [0.15, 0.2) is 61.1 Å². The largest absolute Gasteiger partial charge is 0.369 e. The number of likely N-dealkylation sites (N-methyl/N-ethyl adjacent to an activating group) is 1. The van der Waals surface area contributed by atoms with E-state index in [1.165, 1.54) is 5.69 Å². The monoisotopic (exact) mass is 537 g/mol. The topological polar surface area (TPSA) is 90.3 Å². The Labute approximate surface area is 230 Å². The van der Waals surface area contributed by atoms with E-state index in [2.05, 4.69) is 78.6 Å². The van der Waals surface area contributed by atoms with Gasteiger partial charge in [-0.15, -0.1) is 10.2 Å². The highest BCUT2D eigenvalue weighted by atomic mass is 35.5. The molecule has 4 aromatic heterocycles. The van der Waals surface area contributed by atoms with Gasteiger partial charge in [-0.1, -0.05) is 18.5 Å². The van der Waals surface area contributed by atoms with E-state index in [1.54, 1.807) is 6.33 Å². The molecule has 0 radical (unpaired) electrons. The molecule has 0 saturated carbocycles. The summed E-state index contributed by atoms with van der Waals surface area (Å²) in [5.41, 5.74) is 7.43. The second kappa shape index (κ2) is 9.52. The van der Waals surface area contributed by atoms with Gasteiger partial charge in [-0.3, -0.25) is 4.40 Å². The van der Waals surface area contributed by atoms with Crippen LogP contribution >= 0.6 is 11.6 Å². The summed E-state index contributed by atoms with van der Waals surface area (Å²) in [4.78, 5) is 17.7. The molecule has 0 unspecified atom stereocenters. The fourth-order valence-corrected chi connectivity index (χ4v) is 5.71. The number of H-pyrrole nitrogens is 1. The minimum atomic E-state index is 0.510. The van der Waals surface area contributed by atoms with Crippen molar-refractivity contribution in [2.45, 2.75) is 13.8 Å². The predicted octanol–water partition coefficient (Wildman–Crippen LogP) is 5.67. The summed E-state index contributed by atoms with van der Waals surface area (Å²) in [6.45, 7) is 9.68. The first-order valence-electron chi connectivity index (χ1n) is 13.2. The van der Waals surface area contributed by atoms with Crippen LogP contribution in [0.2, 0.25) is 5.02 Å². The third-order valence-electron chi connectivity index (χ3n) is 7.55. The molecule has 0 aliphatic carbocycles. The number of halogens is 1. The lowest BCUT2D eigenvalue weighted by Gasteiger charge is -2.35. The Bertz CT molecular complexity index is 1810. The highest BCUT2D eigenvalue weighted by molar-refractivity contribution is 6.34. The quantitative estimate of drug-likeness (QED) is 0.293. The van der Waals surface area contributed by atoms with E-state index in [0.717, 1.165) is 77.2 Å². The van der Waals surface area contributed by atoms with Gasteiger partial charge in [0.05, 0.1) is 0 Å². The molecule has 0 bridgehead atoms. The number of piperazine rings is 1. The highest BCUT2D eigenvalue weighted by Gasteiger charge is 2.17. The third-order valence-corrected chi connectivity index (χ3v) is 7.87. The smallest absolute Gasteiger partial charge is 0.229 e. The zero-order valence-corrected chi connectivity index (χ0v) is 22.6. The number of hydrogen-bond donors (Lipinski definition) is 2. The number of aromatic amines is 1. The molecule has 5 heterocycles. The van der Waals surface area contributed by atoms with Gasteiger partial charge >= 0.3 is 0 Å². The van der Waals surface area contributed by atoms with E-state index in [9.17, 15) is 0 Å². The van der Waals surface area contributed by atoms with Crippen LogP contribution in [0.1, 0.15) is 12.6 Å². The van der Waals surface area contributed by atoms with Gasteiger partial charge in [0.1, 0.15) is 6.33 Å². The number of rotatable bonds is 5.